The van der Waals surface area contributed by atoms with Crippen molar-refractivity contribution >= 4 is 17.9 Å². The van der Waals surface area contributed by atoms with Gasteiger partial charge in [0.25, 0.3) is 0 Å². The van der Waals surface area contributed by atoms with Gasteiger partial charge < -0.3 is 14.2 Å². The van der Waals surface area contributed by atoms with Gasteiger partial charge in [-0.15, -0.1) is 0 Å². The molecule has 0 rings (SSSR count). The van der Waals surface area contributed by atoms with Crippen LogP contribution in [0.25, 0.3) is 0 Å². The third-order valence-corrected chi connectivity index (χ3v) is 4.22. The summed E-state index contributed by atoms with van der Waals surface area (Å²) in [6.45, 7) is 20.3. The van der Waals surface area contributed by atoms with Gasteiger partial charge >= 0.3 is 17.9 Å². The van der Waals surface area contributed by atoms with Crippen LogP contribution < -0.4 is 0 Å². The number of carbonyl (C=O) groups excluding carboxylic acids is 3. The van der Waals surface area contributed by atoms with Crippen LogP contribution in [0.1, 0.15) is 95.4 Å². The normalized spacial score (nSPS) is 14.2. The van der Waals surface area contributed by atoms with E-state index in [-0.39, 0.29) is 36.8 Å². The molecule has 0 fully saturated rings. The van der Waals surface area contributed by atoms with Crippen LogP contribution in [0.2, 0.25) is 0 Å². The predicted molar refractivity (Wildman–Crippen MR) is 113 cm³/mol. The Labute approximate surface area is 177 Å². The van der Waals surface area contributed by atoms with Gasteiger partial charge in [-0.2, -0.15) is 0 Å². The molecular weight excluding hydrogens is 372 g/mol. The van der Waals surface area contributed by atoms with Crippen molar-refractivity contribution in [1.29, 1.82) is 0 Å². The van der Waals surface area contributed by atoms with Crippen molar-refractivity contribution in [2.75, 3.05) is 6.61 Å². The molecule has 0 aliphatic heterocycles. The van der Waals surface area contributed by atoms with Gasteiger partial charge in [0, 0.05) is 6.42 Å². The van der Waals surface area contributed by atoms with E-state index < -0.39 is 28.5 Å². The highest BCUT2D eigenvalue weighted by atomic mass is 16.6. The Balaban J connectivity index is 5.09. The zero-order valence-corrected chi connectivity index (χ0v) is 20.4. The maximum Gasteiger partial charge on any atom is 0.312 e. The minimum absolute atomic E-state index is 0.00185. The summed E-state index contributed by atoms with van der Waals surface area (Å²) in [6, 6.07) is 0. The molecule has 0 aromatic rings. The SMILES string of the molecule is CCC(=O)OC(COC(=O)C(C)(C)CC(C)(C)C(=O)OC(C)(C)C)CC(C)(C)C. The Bertz CT molecular complexity index is 575. The fourth-order valence-corrected chi connectivity index (χ4v) is 3.12. The van der Waals surface area contributed by atoms with E-state index in [0.717, 1.165) is 0 Å². The summed E-state index contributed by atoms with van der Waals surface area (Å²) in [5.41, 5.74) is -2.43. The average molecular weight is 415 g/mol. The zero-order chi connectivity index (χ0) is 23.3. The number of rotatable bonds is 9. The molecule has 0 aromatic heterocycles. The van der Waals surface area contributed by atoms with Crippen LogP contribution in [0.5, 0.6) is 0 Å². The third kappa shape index (κ3) is 11.2. The molecule has 1 unspecified atom stereocenters. The first-order chi connectivity index (χ1) is 12.8. The van der Waals surface area contributed by atoms with Crippen molar-refractivity contribution in [3.63, 3.8) is 0 Å². The lowest BCUT2D eigenvalue weighted by atomic mass is 9.75. The molecule has 170 valence electrons. The standard InChI is InChI=1S/C23H42O6/c1-12-17(24)28-16(13-20(2,3)4)14-27-18(25)22(8,9)15-23(10,11)19(26)29-21(5,6)7/h16H,12-15H2,1-11H3. The topological polar surface area (TPSA) is 78.9 Å². The molecule has 0 aliphatic carbocycles. The Morgan fingerprint density at radius 2 is 1.28 bits per heavy atom. The van der Waals surface area contributed by atoms with Gasteiger partial charge in [-0.3, -0.25) is 14.4 Å². The summed E-state index contributed by atoms with van der Waals surface area (Å²) in [7, 11) is 0. The van der Waals surface area contributed by atoms with Crippen molar-refractivity contribution < 1.29 is 28.6 Å². The minimum atomic E-state index is -0.901. The molecule has 0 heterocycles. The second kappa shape index (κ2) is 9.94. The van der Waals surface area contributed by atoms with Crippen LogP contribution >= 0.6 is 0 Å². The summed E-state index contributed by atoms with van der Waals surface area (Å²) in [4.78, 5) is 37.0. The van der Waals surface area contributed by atoms with E-state index in [1.807, 2.05) is 41.5 Å². The number of ether oxygens (including phenoxy) is 3. The number of esters is 3. The maximum absolute atomic E-state index is 12.8. The van der Waals surface area contributed by atoms with Crippen LogP contribution in [0.3, 0.4) is 0 Å². The van der Waals surface area contributed by atoms with Gasteiger partial charge in [0.2, 0.25) is 0 Å². The van der Waals surface area contributed by atoms with E-state index in [1.165, 1.54) is 0 Å². The highest BCUT2D eigenvalue weighted by Gasteiger charge is 2.42. The molecule has 0 aromatic carbocycles. The van der Waals surface area contributed by atoms with Gasteiger partial charge in [-0.25, -0.2) is 0 Å². The van der Waals surface area contributed by atoms with Crippen molar-refractivity contribution in [3.8, 4) is 0 Å². The molecule has 0 aliphatic rings. The molecule has 0 spiro atoms. The van der Waals surface area contributed by atoms with E-state index in [1.54, 1.807) is 34.6 Å². The molecule has 0 saturated carbocycles. The van der Waals surface area contributed by atoms with Crippen LogP contribution in [-0.2, 0) is 28.6 Å². The van der Waals surface area contributed by atoms with E-state index in [2.05, 4.69) is 0 Å². The van der Waals surface area contributed by atoms with Gasteiger partial charge in [0.15, 0.2) is 0 Å². The molecular formula is C23H42O6. The average Bonchev–Trinajstić information content (AvgIpc) is 2.47. The van der Waals surface area contributed by atoms with Gasteiger partial charge in [-0.1, -0.05) is 27.7 Å². The molecule has 6 heteroatoms. The zero-order valence-electron chi connectivity index (χ0n) is 20.4. The fourth-order valence-electron chi connectivity index (χ4n) is 3.12. The lowest BCUT2D eigenvalue weighted by Gasteiger charge is -2.34. The van der Waals surface area contributed by atoms with Crippen molar-refractivity contribution in [2.24, 2.45) is 16.2 Å². The lowest BCUT2D eigenvalue weighted by Crippen LogP contribution is -2.40. The molecule has 0 N–H and O–H groups in total. The quantitative estimate of drug-likeness (QED) is 0.387. The fraction of sp³-hybridized carbons (Fsp3) is 0.870. The summed E-state index contributed by atoms with van der Waals surface area (Å²) < 4.78 is 16.4. The van der Waals surface area contributed by atoms with Crippen molar-refractivity contribution in [2.45, 2.75) is 107 Å². The summed E-state index contributed by atoms with van der Waals surface area (Å²) in [5.74, 6) is -1.10. The molecule has 0 radical (unpaired) electrons. The predicted octanol–water partition coefficient (Wildman–Crippen LogP) is 5.07. The van der Waals surface area contributed by atoms with Crippen molar-refractivity contribution in [1.82, 2.24) is 0 Å². The summed E-state index contributed by atoms with van der Waals surface area (Å²) >= 11 is 0. The Kier molecular flexibility index (Phi) is 9.40. The van der Waals surface area contributed by atoms with Crippen LogP contribution in [-0.4, -0.2) is 36.2 Å². The molecule has 6 nitrogen and oxygen atoms in total. The molecule has 0 bridgehead atoms. The first-order valence-corrected chi connectivity index (χ1v) is 10.4. The van der Waals surface area contributed by atoms with Crippen LogP contribution in [0, 0.1) is 16.2 Å². The first kappa shape index (κ1) is 27.4. The summed E-state index contributed by atoms with van der Waals surface area (Å²) in [6.07, 6.45) is 0.618. The highest BCUT2D eigenvalue weighted by Crippen LogP contribution is 2.37. The number of hydrogen-bond acceptors (Lipinski definition) is 6. The van der Waals surface area contributed by atoms with Crippen LogP contribution in [0.15, 0.2) is 0 Å². The largest absolute Gasteiger partial charge is 0.461 e. The molecule has 29 heavy (non-hydrogen) atoms. The third-order valence-electron chi connectivity index (χ3n) is 4.22. The van der Waals surface area contributed by atoms with E-state index in [0.29, 0.717) is 6.42 Å². The second-order valence-corrected chi connectivity index (χ2v) is 11.3. The minimum Gasteiger partial charge on any atom is -0.461 e. The smallest absolute Gasteiger partial charge is 0.312 e. The maximum atomic E-state index is 12.8. The monoisotopic (exact) mass is 414 g/mol. The number of hydrogen-bond donors (Lipinski definition) is 0. The molecule has 0 saturated heterocycles. The van der Waals surface area contributed by atoms with E-state index in [4.69, 9.17) is 14.2 Å². The van der Waals surface area contributed by atoms with Gasteiger partial charge in [0.1, 0.15) is 18.3 Å². The Morgan fingerprint density at radius 1 is 0.793 bits per heavy atom. The molecule has 1 atom stereocenters. The first-order valence-electron chi connectivity index (χ1n) is 10.4. The van der Waals surface area contributed by atoms with E-state index >= 15 is 0 Å². The van der Waals surface area contributed by atoms with Gasteiger partial charge in [0.05, 0.1) is 10.8 Å². The second-order valence-electron chi connectivity index (χ2n) is 11.3. The summed E-state index contributed by atoms with van der Waals surface area (Å²) in [5, 5.41) is 0. The lowest BCUT2D eigenvalue weighted by molar-refractivity contribution is -0.173. The van der Waals surface area contributed by atoms with E-state index in [9.17, 15) is 14.4 Å². The van der Waals surface area contributed by atoms with Crippen molar-refractivity contribution in [3.05, 3.63) is 0 Å². The molecule has 0 amide bonds. The Morgan fingerprint density at radius 3 is 1.69 bits per heavy atom. The Hall–Kier alpha value is -1.59. The highest BCUT2D eigenvalue weighted by molar-refractivity contribution is 5.80. The van der Waals surface area contributed by atoms with Crippen LogP contribution in [0.4, 0.5) is 0 Å². The van der Waals surface area contributed by atoms with Gasteiger partial charge in [-0.05, 0) is 66.7 Å². The number of carbonyl (C=O) groups is 3.